The molecule has 5 rings (SSSR count). The summed E-state index contributed by atoms with van der Waals surface area (Å²) < 4.78 is 6.73. The first kappa shape index (κ1) is 22.5. The van der Waals surface area contributed by atoms with Gasteiger partial charge in [0.1, 0.15) is 5.00 Å². The van der Waals surface area contributed by atoms with Crippen LogP contribution in [0.3, 0.4) is 0 Å². The predicted octanol–water partition coefficient (Wildman–Crippen LogP) is 3.38. The number of thiophene rings is 1. The van der Waals surface area contributed by atoms with Crippen LogP contribution in [0.1, 0.15) is 37.8 Å². The molecule has 0 radical (unpaired) electrons. The maximum absolute atomic E-state index is 12.7. The molecule has 2 heterocycles. The fraction of sp³-hybridized carbons (Fsp3) is 0.160. The van der Waals surface area contributed by atoms with Crippen LogP contribution in [0, 0.1) is 0 Å². The molecule has 0 atom stereocenters. The molecule has 2 amide bonds. The second-order valence-electron chi connectivity index (χ2n) is 7.92. The molecule has 0 unspecified atom stereocenters. The molecule has 0 bridgehead atoms. The maximum Gasteiger partial charge on any atom is 0.378 e. The Morgan fingerprint density at radius 1 is 1.03 bits per heavy atom. The molecular formula is C25H21N5O4S. The van der Waals surface area contributed by atoms with E-state index in [0.29, 0.717) is 16.4 Å². The Balaban J connectivity index is 1.32. The van der Waals surface area contributed by atoms with Crippen molar-refractivity contribution in [1.29, 1.82) is 0 Å². The number of rotatable bonds is 7. The first-order chi connectivity index (χ1) is 17.0. The van der Waals surface area contributed by atoms with Crippen LogP contribution in [0.25, 0.3) is 17.1 Å². The lowest BCUT2D eigenvalue weighted by molar-refractivity contribution is -0.119. The predicted molar refractivity (Wildman–Crippen MR) is 131 cm³/mol. The number of esters is 1. The van der Waals surface area contributed by atoms with E-state index in [9.17, 15) is 14.4 Å². The average molecular weight is 488 g/mol. The van der Waals surface area contributed by atoms with Gasteiger partial charge in [-0.3, -0.25) is 9.59 Å². The number of hydrogen-bond donors (Lipinski definition) is 2. The van der Waals surface area contributed by atoms with Gasteiger partial charge in [0.25, 0.3) is 17.6 Å². The zero-order valence-electron chi connectivity index (χ0n) is 18.6. The second-order valence-corrected chi connectivity index (χ2v) is 9.03. The molecule has 9 nitrogen and oxygen atoms in total. The van der Waals surface area contributed by atoms with Crippen molar-refractivity contribution in [2.24, 2.45) is 5.73 Å². The summed E-state index contributed by atoms with van der Waals surface area (Å²) in [6.45, 7) is -0.555. The third kappa shape index (κ3) is 4.56. The molecule has 0 saturated heterocycles. The first-order valence-electron chi connectivity index (χ1n) is 11.0. The molecule has 4 aromatic rings. The van der Waals surface area contributed by atoms with Crippen LogP contribution >= 0.6 is 11.3 Å². The van der Waals surface area contributed by atoms with E-state index < -0.39 is 24.4 Å². The number of ether oxygens (including phenoxy) is 1. The molecule has 1 aliphatic rings. The zero-order chi connectivity index (χ0) is 24.4. The summed E-state index contributed by atoms with van der Waals surface area (Å²) in [7, 11) is 0. The smallest absolute Gasteiger partial charge is 0.378 e. The normalized spacial score (nSPS) is 12.2. The molecule has 35 heavy (non-hydrogen) atoms. The van der Waals surface area contributed by atoms with Crippen LogP contribution in [0.5, 0.6) is 0 Å². The number of carbonyl (C=O) groups is 3. The van der Waals surface area contributed by atoms with Crippen molar-refractivity contribution < 1.29 is 19.1 Å². The van der Waals surface area contributed by atoms with Crippen molar-refractivity contribution in [3.63, 3.8) is 0 Å². The van der Waals surface area contributed by atoms with Gasteiger partial charge in [0.2, 0.25) is 0 Å². The molecule has 0 saturated carbocycles. The number of benzene rings is 2. The maximum atomic E-state index is 12.7. The van der Waals surface area contributed by atoms with E-state index in [4.69, 9.17) is 10.5 Å². The van der Waals surface area contributed by atoms with Crippen LogP contribution in [-0.4, -0.2) is 39.2 Å². The van der Waals surface area contributed by atoms with E-state index in [1.54, 1.807) is 4.68 Å². The van der Waals surface area contributed by atoms with E-state index in [0.717, 1.165) is 41.0 Å². The largest absolute Gasteiger partial charge is 0.450 e. The first-order valence-corrected chi connectivity index (χ1v) is 11.8. The van der Waals surface area contributed by atoms with E-state index in [1.165, 1.54) is 11.3 Å². The second kappa shape index (κ2) is 9.51. The molecule has 2 aromatic carbocycles. The van der Waals surface area contributed by atoms with Crippen molar-refractivity contribution in [1.82, 2.24) is 14.8 Å². The number of para-hydroxylation sites is 1. The van der Waals surface area contributed by atoms with Gasteiger partial charge in [-0.25, -0.2) is 14.5 Å². The molecule has 0 aliphatic heterocycles. The van der Waals surface area contributed by atoms with Gasteiger partial charge < -0.3 is 15.8 Å². The van der Waals surface area contributed by atoms with Gasteiger partial charge in [-0.05, 0) is 37.0 Å². The van der Waals surface area contributed by atoms with Crippen molar-refractivity contribution in [2.45, 2.75) is 19.3 Å². The molecule has 10 heteroatoms. The van der Waals surface area contributed by atoms with E-state index in [-0.39, 0.29) is 5.82 Å². The summed E-state index contributed by atoms with van der Waals surface area (Å²) in [5.41, 5.74) is 8.27. The Hall–Kier alpha value is -4.31. The molecular weight excluding hydrogens is 466 g/mol. The summed E-state index contributed by atoms with van der Waals surface area (Å²) in [4.78, 5) is 42.5. The van der Waals surface area contributed by atoms with Crippen molar-refractivity contribution in [2.75, 3.05) is 11.9 Å². The molecule has 176 valence electrons. The van der Waals surface area contributed by atoms with E-state index in [2.05, 4.69) is 15.4 Å². The number of carbonyl (C=O) groups excluding carboxylic acids is 3. The Kier molecular flexibility index (Phi) is 6.11. The van der Waals surface area contributed by atoms with Gasteiger partial charge in [-0.1, -0.05) is 48.5 Å². The number of fused-ring (bicyclic) bond motifs is 1. The Morgan fingerprint density at radius 2 is 1.74 bits per heavy atom. The Bertz CT molecular complexity index is 1360. The van der Waals surface area contributed by atoms with Gasteiger partial charge in [-0.2, -0.15) is 0 Å². The molecule has 3 N–H and O–H groups in total. The van der Waals surface area contributed by atoms with Crippen LogP contribution in [0.2, 0.25) is 0 Å². The van der Waals surface area contributed by atoms with Gasteiger partial charge >= 0.3 is 5.97 Å². The summed E-state index contributed by atoms with van der Waals surface area (Å²) in [6, 6.07) is 18.6. The van der Waals surface area contributed by atoms with E-state index in [1.807, 2.05) is 60.7 Å². The third-order valence-corrected chi connectivity index (χ3v) is 6.78. The van der Waals surface area contributed by atoms with Gasteiger partial charge in [0.05, 0.1) is 11.3 Å². The summed E-state index contributed by atoms with van der Waals surface area (Å²) in [5, 5.41) is 7.37. The summed E-state index contributed by atoms with van der Waals surface area (Å²) in [5.74, 6) is -1.70. The van der Waals surface area contributed by atoms with Crippen molar-refractivity contribution in [3.05, 3.63) is 82.5 Å². The number of amides is 2. The quantitative estimate of drug-likeness (QED) is 0.385. The number of hydrogen-bond acceptors (Lipinski definition) is 7. The number of aromatic nitrogens is 3. The van der Waals surface area contributed by atoms with Gasteiger partial charge in [0, 0.05) is 10.4 Å². The van der Waals surface area contributed by atoms with Gasteiger partial charge in [0.15, 0.2) is 12.4 Å². The summed E-state index contributed by atoms with van der Waals surface area (Å²) >= 11 is 1.34. The fourth-order valence-electron chi connectivity index (χ4n) is 4.03. The highest BCUT2D eigenvalue weighted by Crippen LogP contribution is 2.38. The fourth-order valence-corrected chi connectivity index (χ4v) is 5.34. The third-order valence-electron chi connectivity index (χ3n) is 5.58. The highest BCUT2D eigenvalue weighted by molar-refractivity contribution is 7.17. The molecule has 0 spiro atoms. The SMILES string of the molecule is NC(=O)c1c(NC(=O)COC(=O)c2nc(-c3ccccc3)n(-c3ccccc3)n2)sc2c1CCC2. The Morgan fingerprint density at radius 3 is 2.46 bits per heavy atom. The minimum atomic E-state index is -0.837. The number of nitrogens with zero attached hydrogens (tertiary/aromatic N) is 3. The zero-order valence-corrected chi connectivity index (χ0v) is 19.4. The van der Waals surface area contributed by atoms with Crippen molar-refractivity contribution >= 4 is 34.1 Å². The molecule has 1 aliphatic carbocycles. The lowest BCUT2D eigenvalue weighted by atomic mass is 10.1. The minimum absolute atomic E-state index is 0.173. The highest BCUT2D eigenvalue weighted by atomic mass is 32.1. The monoisotopic (exact) mass is 487 g/mol. The lowest BCUT2D eigenvalue weighted by Gasteiger charge is -2.06. The lowest BCUT2D eigenvalue weighted by Crippen LogP contribution is -2.23. The van der Waals surface area contributed by atoms with Crippen LogP contribution < -0.4 is 11.1 Å². The minimum Gasteiger partial charge on any atom is -0.450 e. The van der Waals surface area contributed by atoms with Gasteiger partial charge in [-0.15, -0.1) is 16.4 Å². The number of nitrogens with one attached hydrogen (secondary N) is 1. The molecule has 2 aromatic heterocycles. The van der Waals surface area contributed by atoms with Crippen molar-refractivity contribution in [3.8, 4) is 17.1 Å². The molecule has 0 fully saturated rings. The number of primary amides is 1. The topological polar surface area (TPSA) is 129 Å². The van der Waals surface area contributed by atoms with Crippen LogP contribution in [-0.2, 0) is 22.4 Å². The number of anilines is 1. The number of aryl methyl sites for hydroxylation is 1. The number of nitrogens with two attached hydrogens (primary N) is 1. The standard InChI is InChI=1S/C25H21N5O4S/c26-21(32)20-17-12-7-13-18(17)35-24(20)27-19(31)14-34-25(33)22-28-23(15-8-3-1-4-9-15)30(29-22)16-10-5-2-6-11-16/h1-6,8-11H,7,12-14H2,(H2,26,32)(H,27,31). The van der Waals surface area contributed by atoms with E-state index >= 15 is 0 Å². The summed E-state index contributed by atoms with van der Waals surface area (Å²) in [6.07, 6.45) is 2.57. The highest BCUT2D eigenvalue weighted by Gasteiger charge is 2.27. The Labute approximate surface area is 204 Å². The van der Waals surface area contributed by atoms with Crippen LogP contribution in [0.15, 0.2) is 60.7 Å². The van der Waals surface area contributed by atoms with Crippen LogP contribution in [0.4, 0.5) is 5.00 Å². The average Bonchev–Trinajstić information content (AvgIpc) is 3.58.